The Bertz CT molecular complexity index is 871. The number of pyridine rings is 1. The van der Waals surface area contributed by atoms with Crippen LogP contribution in [-0.4, -0.2) is 10.9 Å². The molecular weight excluding hydrogens is 308 g/mol. The molecule has 1 aromatic heterocycles. The van der Waals surface area contributed by atoms with Crippen LogP contribution in [0.3, 0.4) is 0 Å². The van der Waals surface area contributed by atoms with E-state index in [1.54, 1.807) is 6.20 Å². The first-order valence-corrected chi connectivity index (χ1v) is 8.65. The number of hydrogen-bond donors (Lipinski definition) is 1. The second-order valence-corrected chi connectivity index (χ2v) is 7.40. The standard InChI is InChI=1S/C22H24N2O/c1-22(2,3)18-10-7-16(8-11-18)9-12-21(25)24-20-6-4-5-17-15-23-14-13-19(17)20/h4-8,10-11,13-15H,9,12H2,1-3H3,(H,24,25). The molecule has 128 valence electrons. The first-order valence-electron chi connectivity index (χ1n) is 8.65. The van der Waals surface area contributed by atoms with Crippen LogP contribution >= 0.6 is 0 Å². The lowest BCUT2D eigenvalue weighted by Crippen LogP contribution is -2.13. The SMILES string of the molecule is CC(C)(C)c1ccc(CCC(=O)Nc2cccc3cnccc23)cc1. The first-order chi connectivity index (χ1) is 11.9. The molecule has 2 aromatic carbocycles. The molecule has 3 aromatic rings. The van der Waals surface area contributed by atoms with Gasteiger partial charge in [-0.2, -0.15) is 0 Å². The minimum absolute atomic E-state index is 0.0317. The number of benzene rings is 2. The van der Waals surface area contributed by atoms with Crippen LogP contribution in [0, 0.1) is 0 Å². The number of nitrogens with zero attached hydrogens (tertiary/aromatic N) is 1. The smallest absolute Gasteiger partial charge is 0.224 e. The van der Waals surface area contributed by atoms with Gasteiger partial charge in [-0.3, -0.25) is 9.78 Å². The molecule has 3 nitrogen and oxygen atoms in total. The van der Waals surface area contributed by atoms with Gasteiger partial charge in [-0.15, -0.1) is 0 Å². The van der Waals surface area contributed by atoms with Crippen LogP contribution in [0.25, 0.3) is 10.8 Å². The monoisotopic (exact) mass is 332 g/mol. The van der Waals surface area contributed by atoms with E-state index in [0.29, 0.717) is 6.42 Å². The third kappa shape index (κ3) is 4.24. The van der Waals surface area contributed by atoms with Gasteiger partial charge < -0.3 is 5.32 Å². The van der Waals surface area contributed by atoms with Crippen LogP contribution in [0.2, 0.25) is 0 Å². The molecule has 0 unspecified atom stereocenters. The van der Waals surface area contributed by atoms with E-state index in [-0.39, 0.29) is 11.3 Å². The van der Waals surface area contributed by atoms with Gasteiger partial charge in [-0.05, 0) is 35.1 Å². The van der Waals surface area contributed by atoms with Gasteiger partial charge in [-0.1, -0.05) is 57.2 Å². The summed E-state index contributed by atoms with van der Waals surface area (Å²) in [5.74, 6) is 0.0317. The first kappa shape index (κ1) is 17.2. The fraction of sp³-hybridized carbons (Fsp3) is 0.273. The largest absolute Gasteiger partial charge is 0.326 e. The lowest BCUT2D eigenvalue weighted by atomic mass is 9.86. The Hall–Kier alpha value is -2.68. The number of rotatable bonds is 4. The van der Waals surface area contributed by atoms with Gasteiger partial charge in [-0.25, -0.2) is 0 Å². The van der Waals surface area contributed by atoms with Crippen molar-refractivity contribution < 1.29 is 4.79 Å². The summed E-state index contributed by atoms with van der Waals surface area (Å²) in [7, 11) is 0. The molecule has 0 aliphatic rings. The van der Waals surface area contributed by atoms with Gasteiger partial charge in [0.25, 0.3) is 0 Å². The fourth-order valence-corrected chi connectivity index (χ4v) is 2.87. The predicted octanol–water partition coefficient (Wildman–Crippen LogP) is 5.10. The van der Waals surface area contributed by atoms with E-state index in [2.05, 4.69) is 55.3 Å². The highest BCUT2D eigenvalue weighted by atomic mass is 16.1. The molecule has 25 heavy (non-hydrogen) atoms. The maximum atomic E-state index is 12.3. The molecule has 1 heterocycles. The van der Waals surface area contributed by atoms with Gasteiger partial charge in [0.2, 0.25) is 5.91 Å². The Kier molecular flexibility index (Phi) is 4.84. The van der Waals surface area contributed by atoms with Crippen molar-refractivity contribution in [2.75, 3.05) is 5.32 Å². The molecule has 1 amide bonds. The lowest BCUT2D eigenvalue weighted by Gasteiger charge is -2.19. The summed E-state index contributed by atoms with van der Waals surface area (Å²) in [6, 6.07) is 16.3. The molecule has 0 radical (unpaired) electrons. The molecule has 0 fully saturated rings. The zero-order valence-corrected chi connectivity index (χ0v) is 15.0. The Balaban J connectivity index is 1.63. The van der Waals surface area contributed by atoms with Crippen LogP contribution < -0.4 is 5.32 Å². The number of aryl methyl sites for hydroxylation is 1. The lowest BCUT2D eigenvalue weighted by molar-refractivity contribution is -0.116. The number of nitrogens with one attached hydrogen (secondary N) is 1. The van der Waals surface area contributed by atoms with Crippen molar-refractivity contribution in [2.24, 2.45) is 0 Å². The molecule has 0 aliphatic heterocycles. The Morgan fingerprint density at radius 3 is 2.52 bits per heavy atom. The maximum Gasteiger partial charge on any atom is 0.224 e. The van der Waals surface area contributed by atoms with E-state index in [4.69, 9.17) is 0 Å². The Labute approximate surface area is 149 Å². The average molecular weight is 332 g/mol. The number of amides is 1. The third-order valence-corrected chi connectivity index (χ3v) is 4.42. The molecular formula is C22H24N2O. The van der Waals surface area contributed by atoms with E-state index in [1.807, 2.05) is 30.5 Å². The summed E-state index contributed by atoms with van der Waals surface area (Å²) >= 11 is 0. The number of carbonyl (C=O) groups is 1. The van der Waals surface area contributed by atoms with Crippen molar-refractivity contribution in [3.8, 4) is 0 Å². The molecule has 3 heteroatoms. The van der Waals surface area contributed by atoms with Crippen molar-refractivity contribution in [1.29, 1.82) is 0 Å². The molecule has 0 spiro atoms. The third-order valence-electron chi connectivity index (χ3n) is 4.42. The van der Waals surface area contributed by atoms with Crippen molar-refractivity contribution in [3.05, 3.63) is 72.1 Å². The summed E-state index contributed by atoms with van der Waals surface area (Å²) in [4.78, 5) is 16.4. The number of hydrogen-bond acceptors (Lipinski definition) is 2. The molecule has 0 aliphatic carbocycles. The number of fused-ring (bicyclic) bond motifs is 1. The zero-order chi connectivity index (χ0) is 17.9. The second-order valence-electron chi connectivity index (χ2n) is 7.40. The van der Waals surface area contributed by atoms with Gasteiger partial charge in [0.1, 0.15) is 0 Å². The van der Waals surface area contributed by atoms with E-state index < -0.39 is 0 Å². The van der Waals surface area contributed by atoms with Gasteiger partial charge >= 0.3 is 0 Å². The van der Waals surface area contributed by atoms with Gasteiger partial charge in [0.05, 0.1) is 0 Å². The van der Waals surface area contributed by atoms with Crippen LogP contribution in [0.4, 0.5) is 5.69 Å². The second kappa shape index (κ2) is 7.06. The molecule has 0 saturated carbocycles. The van der Waals surface area contributed by atoms with Crippen molar-refractivity contribution >= 4 is 22.4 Å². The molecule has 0 saturated heterocycles. The number of carbonyl (C=O) groups excluding carboxylic acids is 1. The zero-order valence-electron chi connectivity index (χ0n) is 15.0. The normalized spacial score (nSPS) is 11.5. The summed E-state index contributed by atoms with van der Waals surface area (Å²) in [6.07, 6.45) is 4.76. The highest BCUT2D eigenvalue weighted by Gasteiger charge is 2.13. The topological polar surface area (TPSA) is 42.0 Å². The molecule has 3 rings (SSSR count). The fourth-order valence-electron chi connectivity index (χ4n) is 2.87. The van der Waals surface area contributed by atoms with E-state index in [9.17, 15) is 4.79 Å². The van der Waals surface area contributed by atoms with Crippen molar-refractivity contribution in [2.45, 2.75) is 39.0 Å². The Morgan fingerprint density at radius 1 is 1.04 bits per heavy atom. The van der Waals surface area contributed by atoms with Crippen LogP contribution in [0.5, 0.6) is 0 Å². The maximum absolute atomic E-state index is 12.3. The van der Waals surface area contributed by atoms with Gasteiger partial charge in [0, 0.05) is 35.3 Å². The summed E-state index contributed by atoms with van der Waals surface area (Å²) < 4.78 is 0. The average Bonchev–Trinajstić information content (AvgIpc) is 2.60. The minimum Gasteiger partial charge on any atom is -0.326 e. The molecule has 0 atom stereocenters. The van der Waals surface area contributed by atoms with E-state index >= 15 is 0 Å². The Morgan fingerprint density at radius 2 is 1.80 bits per heavy atom. The van der Waals surface area contributed by atoms with E-state index in [0.717, 1.165) is 22.9 Å². The summed E-state index contributed by atoms with van der Waals surface area (Å²) in [6.45, 7) is 6.61. The number of aromatic nitrogens is 1. The molecule has 1 N–H and O–H groups in total. The number of anilines is 1. The highest BCUT2D eigenvalue weighted by molar-refractivity contribution is 6.01. The predicted molar refractivity (Wildman–Crippen MR) is 104 cm³/mol. The summed E-state index contributed by atoms with van der Waals surface area (Å²) in [5.41, 5.74) is 3.49. The van der Waals surface area contributed by atoms with Crippen LogP contribution in [0.15, 0.2) is 60.9 Å². The van der Waals surface area contributed by atoms with E-state index in [1.165, 1.54) is 11.1 Å². The van der Waals surface area contributed by atoms with Crippen LogP contribution in [0.1, 0.15) is 38.3 Å². The van der Waals surface area contributed by atoms with Crippen molar-refractivity contribution in [3.63, 3.8) is 0 Å². The van der Waals surface area contributed by atoms with Gasteiger partial charge in [0.15, 0.2) is 0 Å². The molecule has 0 bridgehead atoms. The van der Waals surface area contributed by atoms with Crippen LogP contribution in [-0.2, 0) is 16.6 Å². The quantitative estimate of drug-likeness (QED) is 0.722. The summed E-state index contributed by atoms with van der Waals surface area (Å²) in [5, 5.41) is 5.06. The van der Waals surface area contributed by atoms with Crippen molar-refractivity contribution in [1.82, 2.24) is 4.98 Å². The minimum atomic E-state index is 0.0317. The highest BCUT2D eigenvalue weighted by Crippen LogP contribution is 2.24.